The van der Waals surface area contributed by atoms with Crippen molar-refractivity contribution in [3.05, 3.63) is 381 Å². The summed E-state index contributed by atoms with van der Waals surface area (Å²) in [7, 11) is 3.28. The second-order valence-electron chi connectivity index (χ2n) is 26.0. The molecule has 14 heteroatoms. The Morgan fingerprint density at radius 1 is 0.400 bits per heavy atom. The summed E-state index contributed by atoms with van der Waals surface area (Å²) in [5, 5.41) is 1.37. The van der Waals surface area contributed by atoms with Crippen molar-refractivity contribution in [3.63, 3.8) is 0 Å². The number of fused-ring (bicyclic) bond motifs is 1. The lowest BCUT2D eigenvalue weighted by Gasteiger charge is -2.28. The van der Waals surface area contributed by atoms with Crippen LogP contribution < -0.4 is 14.4 Å². The van der Waals surface area contributed by atoms with Gasteiger partial charge < -0.3 is 28.7 Å². The van der Waals surface area contributed by atoms with Gasteiger partial charge in [0, 0.05) is 88.3 Å². The number of carbonyl (C=O) groups excluding carboxylic acids is 1. The van der Waals surface area contributed by atoms with E-state index in [9.17, 15) is 13.6 Å². The first-order valence-corrected chi connectivity index (χ1v) is 38.3. The first-order chi connectivity index (χ1) is 53.3. The smallest absolute Gasteiger partial charge is 0.264 e. The van der Waals surface area contributed by atoms with Gasteiger partial charge >= 0.3 is 0 Å². The fourth-order valence-corrected chi connectivity index (χ4v) is 12.3. The van der Waals surface area contributed by atoms with Crippen molar-refractivity contribution < 1.29 is 32.5 Å². The molecule has 2 aliphatic heterocycles. The van der Waals surface area contributed by atoms with E-state index in [1.807, 2.05) is 209 Å². The minimum absolute atomic E-state index is 0.145. The van der Waals surface area contributed by atoms with Gasteiger partial charge in [-0.05, 0) is 193 Å². The number of pyridine rings is 3. The third-order valence-corrected chi connectivity index (χ3v) is 18.8. The molecule has 9 aromatic carbocycles. The largest absolute Gasteiger partial charge is 0.497 e. The maximum absolute atomic E-state index is 13.5. The van der Waals surface area contributed by atoms with Gasteiger partial charge in [0.05, 0.1) is 51.2 Å². The van der Waals surface area contributed by atoms with Crippen molar-refractivity contribution in [1.29, 1.82) is 0 Å². The van der Waals surface area contributed by atoms with Crippen molar-refractivity contribution in [1.82, 2.24) is 19.9 Å². The molecule has 5 aromatic heterocycles. The highest BCUT2D eigenvalue weighted by atomic mass is 32.1. The van der Waals surface area contributed by atoms with Crippen LogP contribution in [0.3, 0.4) is 0 Å². The molecule has 110 heavy (non-hydrogen) atoms. The Kier molecular flexibility index (Phi) is 37.7. The summed E-state index contributed by atoms with van der Waals surface area (Å²) < 4.78 is 47.3. The minimum Gasteiger partial charge on any atom is -0.497 e. The van der Waals surface area contributed by atoms with Crippen LogP contribution in [0.1, 0.15) is 63.9 Å². The van der Waals surface area contributed by atoms with E-state index in [-0.39, 0.29) is 17.5 Å². The molecular formula is C96H103F2N5O5S2. The average molecular weight is 1510 g/mol. The van der Waals surface area contributed by atoms with Gasteiger partial charge in [0.25, 0.3) is 5.91 Å². The average Bonchev–Trinajstić information content (AvgIpc) is 1.02. The molecule has 0 bridgehead atoms. The molecule has 0 saturated carbocycles. The highest BCUT2D eigenvalue weighted by Crippen LogP contribution is 2.26. The number of anilines is 1. The summed E-state index contributed by atoms with van der Waals surface area (Å²) in [5.41, 5.74) is 17.3. The summed E-state index contributed by atoms with van der Waals surface area (Å²) >= 11 is 3.41. The predicted octanol–water partition coefficient (Wildman–Crippen LogP) is 24.0. The maximum Gasteiger partial charge on any atom is 0.264 e. The third-order valence-electron chi connectivity index (χ3n) is 16.8. The van der Waals surface area contributed by atoms with Gasteiger partial charge in [-0.3, -0.25) is 14.8 Å². The van der Waals surface area contributed by atoms with Gasteiger partial charge in [-0.2, -0.15) is 0 Å². The number of carbonyl (C=O) groups is 1. The van der Waals surface area contributed by atoms with Crippen LogP contribution in [0.15, 0.2) is 310 Å². The van der Waals surface area contributed by atoms with E-state index in [2.05, 4.69) is 164 Å². The zero-order valence-corrected chi connectivity index (χ0v) is 67.1. The Morgan fingerprint density at radius 2 is 0.882 bits per heavy atom. The number of hydrogen-bond donors (Lipinski definition) is 0. The van der Waals surface area contributed by atoms with Crippen LogP contribution in [0.5, 0.6) is 11.6 Å². The third kappa shape index (κ3) is 32.3. The predicted molar refractivity (Wildman–Crippen MR) is 458 cm³/mol. The molecule has 10 nitrogen and oxygen atoms in total. The molecular weight excluding hydrogens is 1410 g/mol. The minimum atomic E-state index is -0.171. The van der Waals surface area contributed by atoms with E-state index in [1.54, 1.807) is 50.0 Å². The number of methoxy groups -OCH3 is 2. The Bertz CT molecular complexity index is 4630. The van der Waals surface area contributed by atoms with Crippen LogP contribution in [0.4, 0.5) is 14.5 Å². The second-order valence-corrected chi connectivity index (χ2v) is 28.6. The molecule has 1 amide bonds. The fraction of sp³-hybridized carbons (Fsp3) is 0.208. The van der Waals surface area contributed by atoms with Gasteiger partial charge in [0.2, 0.25) is 5.88 Å². The van der Waals surface area contributed by atoms with Gasteiger partial charge in [-0.1, -0.05) is 221 Å². The van der Waals surface area contributed by atoms with E-state index < -0.39 is 0 Å². The number of hydrogen-bond acceptors (Lipinski definition) is 11. The zero-order chi connectivity index (χ0) is 78.7. The van der Waals surface area contributed by atoms with Crippen molar-refractivity contribution in [2.45, 2.75) is 69.2 Å². The van der Waals surface area contributed by atoms with Crippen molar-refractivity contribution in [3.8, 4) is 45.1 Å². The zero-order valence-electron chi connectivity index (χ0n) is 65.5. The van der Waals surface area contributed by atoms with E-state index in [1.165, 1.54) is 88.2 Å². The normalized spacial score (nSPS) is 11.5. The second kappa shape index (κ2) is 48.2. The van der Waals surface area contributed by atoms with Gasteiger partial charge in [-0.15, -0.1) is 22.7 Å². The molecule has 0 unspecified atom stereocenters. The first kappa shape index (κ1) is 86.0. The van der Waals surface area contributed by atoms with E-state index >= 15 is 0 Å². The lowest BCUT2D eigenvalue weighted by molar-refractivity contribution is 0.0306. The Balaban J connectivity index is 0.000000171. The molecule has 7 heterocycles. The van der Waals surface area contributed by atoms with E-state index in [0.717, 1.165) is 78.0 Å². The molecule has 16 rings (SSSR count). The van der Waals surface area contributed by atoms with Crippen molar-refractivity contribution in [2.75, 3.05) is 71.7 Å². The Morgan fingerprint density at radius 3 is 1.38 bits per heavy atom. The van der Waals surface area contributed by atoms with Crippen LogP contribution in [0, 0.1) is 80.9 Å². The molecule has 0 N–H and O–H groups in total. The molecule has 2 saturated heterocycles. The van der Waals surface area contributed by atoms with Crippen LogP contribution in [0.2, 0.25) is 0 Å². The van der Waals surface area contributed by atoms with E-state index in [4.69, 9.17) is 18.9 Å². The van der Waals surface area contributed by atoms with Crippen molar-refractivity contribution >= 4 is 44.4 Å². The van der Waals surface area contributed by atoms with E-state index in [0.29, 0.717) is 24.7 Å². The summed E-state index contributed by atoms with van der Waals surface area (Å²) in [6, 6.07) is 93.3. The quantitative estimate of drug-likeness (QED) is 0.154. The number of thiophene rings is 2. The monoisotopic (exact) mass is 1510 g/mol. The van der Waals surface area contributed by atoms with Gasteiger partial charge in [0.15, 0.2) is 0 Å². The topological polar surface area (TPSA) is 99.1 Å². The van der Waals surface area contributed by atoms with Gasteiger partial charge in [0.1, 0.15) is 17.4 Å². The number of amides is 1. The standard InChI is InChI=1S/C13H11F.2C12H11N.C11H15NO.C10H13NO2S.C9H8S.C8H10O.C7H7F.C7H9NO.C7H8/c1-10-7-8-13(14)12(9-10)11-5-3-2-4-6-11;1-10-2-4-11(5-3-10)12-6-8-13-9-7-12;1-10-7-8-12(13-9-10)11-5-3-2-4-6-11;1-10-2-4-11(5-3-10)12-6-8-13-9-7-12;1-8-2-3-9(14-8)10(12)11-4-6-13-7-5-11;1-7-6-8-4-2-3-5-9(8)10-7;1-7-3-5-8(9-2)6-4-7;1-6-2-4-7(8)5-3-6;1-6-3-4-7(9-2)8-5-6;1-7-5-3-2-4-6-7/h2-9H,1H3;2*2-9H,1H3;2-5H,6-9H2,1H3;2-3H,4-7H2,1H3;2-6H,1H3;3-6H,1-2H3;2-5H,1H3;3-5H,1-2H3;2-6H,1H3. The first-order valence-electron chi connectivity index (χ1n) is 36.7. The van der Waals surface area contributed by atoms with Gasteiger partial charge in [-0.25, -0.2) is 13.8 Å². The SMILES string of the molecule is COc1ccc(C)cc1.COc1ccc(C)cn1.Cc1cc2ccccc2s1.Cc1ccc(-c2ccccc2)nc1.Cc1ccc(-c2ccncc2)cc1.Cc1ccc(C(=O)N2CCOCC2)s1.Cc1ccc(F)c(-c2ccccc2)c1.Cc1ccc(F)cc1.Cc1ccc(N2CCOCC2)cc1.Cc1ccccc1. The van der Waals surface area contributed by atoms with Crippen molar-refractivity contribution in [2.24, 2.45) is 0 Å². The number of rotatable bonds is 7. The molecule has 0 spiro atoms. The summed E-state index contributed by atoms with van der Waals surface area (Å²) in [4.78, 5) is 31.8. The number of halogens is 2. The Hall–Kier alpha value is -11.3. The molecule has 568 valence electrons. The number of aromatic nitrogens is 3. The number of nitrogens with zero attached hydrogens (tertiary/aromatic N) is 5. The Labute approximate surface area is 659 Å². The highest BCUT2D eigenvalue weighted by Gasteiger charge is 2.19. The molecule has 0 atom stereocenters. The number of aryl methyl sites for hydroxylation is 10. The van der Waals surface area contributed by atoms with Crippen LogP contribution in [-0.4, -0.2) is 92.6 Å². The lowest BCUT2D eigenvalue weighted by atomic mass is 10.0. The summed E-state index contributed by atoms with van der Waals surface area (Å²) in [6.45, 7) is 26.9. The molecule has 0 radical (unpaired) electrons. The summed E-state index contributed by atoms with van der Waals surface area (Å²) in [5.74, 6) is 1.39. The molecule has 2 fully saturated rings. The number of morpholine rings is 2. The lowest BCUT2D eigenvalue weighted by Crippen LogP contribution is -2.40. The maximum atomic E-state index is 13.5. The van der Waals surface area contributed by atoms with Crippen LogP contribution in [0.25, 0.3) is 43.6 Å². The molecule has 0 aliphatic carbocycles. The fourth-order valence-electron chi connectivity index (χ4n) is 10.5. The summed E-state index contributed by atoms with van der Waals surface area (Å²) in [6.07, 6.45) is 7.30. The highest BCUT2D eigenvalue weighted by molar-refractivity contribution is 7.19. The van der Waals surface area contributed by atoms with Crippen LogP contribution in [-0.2, 0) is 9.47 Å². The van der Waals surface area contributed by atoms with Crippen LogP contribution >= 0.6 is 22.7 Å². The molecule has 14 aromatic rings. The number of benzene rings is 9. The molecule has 2 aliphatic rings. The number of ether oxygens (including phenoxy) is 4.